The Morgan fingerprint density at radius 2 is 1.88 bits per heavy atom. The maximum atomic E-state index is 12.5. The van der Waals surface area contributed by atoms with E-state index in [1.807, 2.05) is 37.3 Å². The van der Waals surface area contributed by atoms with Gasteiger partial charge < -0.3 is 18.8 Å². The van der Waals surface area contributed by atoms with Crippen LogP contribution in [-0.2, 0) is 14.2 Å². The van der Waals surface area contributed by atoms with Crippen molar-refractivity contribution in [3.05, 3.63) is 54.1 Å². The van der Waals surface area contributed by atoms with Gasteiger partial charge in [-0.15, -0.1) is 0 Å². The Bertz CT molecular complexity index is 699. The van der Waals surface area contributed by atoms with E-state index in [1.165, 1.54) is 6.20 Å². The van der Waals surface area contributed by atoms with Crippen LogP contribution in [0, 0.1) is 0 Å². The van der Waals surface area contributed by atoms with Crippen molar-refractivity contribution in [3.63, 3.8) is 0 Å². The molecule has 0 saturated carbocycles. The van der Waals surface area contributed by atoms with E-state index in [1.54, 1.807) is 24.7 Å². The highest BCUT2D eigenvalue weighted by Gasteiger charge is 2.23. The van der Waals surface area contributed by atoms with Crippen LogP contribution in [0.5, 0.6) is 0 Å². The van der Waals surface area contributed by atoms with Gasteiger partial charge in [0.2, 0.25) is 0 Å². The van der Waals surface area contributed by atoms with E-state index in [9.17, 15) is 9.59 Å². The van der Waals surface area contributed by atoms with Crippen LogP contribution in [0.15, 0.2) is 42.9 Å². The second kappa shape index (κ2) is 8.86. The van der Waals surface area contributed by atoms with E-state index < -0.39 is 18.4 Å². The van der Waals surface area contributed by atoms with E-state index >= 15 is 0 Å². The van der Waals surface area contributed by atoms with E-state index in [-0.39, 0.29) is 18.3 Å². The topological polar surface area (TPSA) is 79.7 Å². The molecule has 0 aliphatic carbocycles. The van der Waals surface area contributed by atoms with Crippen molar-refractivity contribution in [3.8, 4) is 0 Å². The number of aromatic nitrogens is 2. The maximum absolute atomic E-state index is 12.5. The number of hydrogen-bond acceptors (Lipinski definition) is 6. The van der Waals surface area contributed by atoms with Crippen molar-refractivity contribution in [2.45, 2.75) is 39.5 Å². The number of ether oxygens (including phenoxy) is 3. The summed E-state index contributed by atoms with van der Waals surface area (Å²) >= 11 is 0. The maximum Gasteiger partial charge on any atom is 0.511 e. The number of carbonyl (C=O) groups is 2. The first-order valence-corrected chi connectivity index (χ1v) is 8.17. The van der Waals surface area contributed by atoms with E-state index in [4.69, 9.17) is 14.2 Å². The van der Waals surface area contributed by atoms with Crippen LogP contribution in [0.25, 0.3) is 0 Å². The van der Waals surface area contributed by atoms with Gasteiger partial charge in [-0.1, -0.05) is 37.3 Å². The summed E-state index contributed by atoms with van der Waals surface area (Å²) in [4.78, 5) is 27.9. The Hall–Kier alpha value is -2.83. The second-order valence-electron chi connectivity index (χ2n) is 5.32. The molecule has 1 aromatic carbocycles. The fraction of sp³-hybridized carbons (Fsp3) is 0.389. The van der Waals surface area contributed by atoms with E-state index in [2.05, 4.69) is 4.98 Å². The summed E-state index contributed by atoms with van der Waals surface area (Å²) in [6, 6.07) is 9.63. The Kier molecular flexibility index (Phi) is 6.56. The molecule has 0 amide bonds. The molecule has 2 aromatic rings. The Morgan fingerprint density at radius 1 is 1.16 bits per heavy atom. The number of nitrogens with zero attached hydrogens (tertiary/aromatic N) is 2. The minimum absolute atomic E-state index is 0.0997. The first kappa shape index (κ1) is 18.5. The van der Waals surface area contributed by atoms with Crippen LogP contribution in [0.4, 0.5) is 4.79 Å². The molecule has 7 nitrogen and oxygen atoms in total. The third-order valence-corrected chi connectivity index (χ3v) is 3.64. The number of hydrogen-bond donors (Lipinski definition) is 0. The highest BCUT2D eigenvalue weighted by atomic mass is 16.8. The summed E-state index contributed by atoms with van der Waals surface area (Å²) in [5, 5.41) is 0. The van der Waals surface area contributed by atoms with Crippen LogP contribution in [0.2, 0.25) is 0 Å². The molecule has 1 unspecified atom stereocenters. The molecule has 0 spiro atoms. The number of benzene rings is 1. The van der Waals surface area contributed by atoms with Crippen LogP contribution >= 0.6 is 0 Å². The van der Waals surface area contributed by atoms with Gasteiger partial charge in [0.05, 0.1) is 25.2 Å². The van der Waals surface area contributed by atoms with Gasteiger partial charge in [-0.3, -0.25) is 0 Å². The predicted molar refractivity (Wildman–Crippen MR) is 90.1 cm³/mol. The molecule has 1 heterocycles. The predicted octanol–water partition coefficient (Wildman–Crippen LogP) is 3.56. The lowest BCUT2D eigenvalue weighted by Gasteiger charge is -2.19. The molecule has 0 N–H and O–H groups in total. The third-order valence-electron chi connectivity index (χ3n) is 3.64. The Morgan fingerprint density at radius 3 is 2.52 bits per heavy atom. The lowest BCUT2D eigenvalue weighted by molar-refractivity contribution is -0.0930. The third kappa shape index (κ3) is 4.82. The van der Waals surface area contributed by atoms with Crippen LogP contribution in [0.1, 0.15) is 49.3 Å². The van der Waals surface area contributed by atoms with Gasteiger partial charge in [0, 0.05) is 6.42 Å². The molecule has 134 valence electrons. The molecule has 0 aliphatic heterocycles. The second-order valence-corrected chi connectivity index (χ2v) is 5.32. The molecule has 0 bridgehead atoms. The zero-order valence-corrected chi connectivity index (χ0v) is 14.5. The summed E-state index contributed by atoms with van der Waals surface area (Å²) in [5.74, 6) is -0.614. The van der Waals surface area contributed by atoms with Gasteiger partial charge in [0.15, 0.2) is 0 Å². The number of imidazole rings is 1. The first-order chi connectivity index (χ1) is 12.1. The molecule has 2 atom stereocenters. The van der Waals surface area contributed by atoms with Gasteiger partial charge in [0.1, 0.15) is 5.69 Å². The van der Waals surface area contributed by atoms with Crippen molar-refractivity contribution in [2.75, 3.05) is 6.61 Å². The fourth-order valence-corrected chi connectivity index (χ4v) is 2.29. The van der Waals surface area contributed by atoms with Gasteiger partial charge in [-0.2, -0.15) is 0 Å². The van der Waals surface area contributed by atoms with Crippen LogP contribution < -0.4 is 0 Å². The highest BCUT2D eigenvalue weighted by Crippen LogP contribution is 2.20. The number of esters is 1. The molecule has 0 radical (unpaired) electrons. The summed E-state index contributed by atoms with van der Waals surface area (Å²) in [6.45, 7) is 5.55. The number of rotatable bonds is 7. The van der Waals surface area contributed by atoms with Gasteiger partial charge in [-0.25, -0.2) is 14.6 Å². The summed E-state index contributed by atoms with van der Waals surface area (Å²) in [7, 11) is 0. The molecular weight excluding hydrogens is 324 g/mol. The van der Waals surface area contributed by atoms with Crippen molar-refractivity contribution in [1.82, 2.24) is 9.55 Å². The van der Waals surface area contributed by atoms with E-state index in [0.717, 1.165) is 5.56 Å². The SMILES string of the molecule is CCOC(=O)OC(CC)OC(=O)c1cncn1[C@H](C)c1ccccc1. The highest BCUT2D eigenvalue weighted by molar-refractivity contribution is 5.87. The molecule has 25 heavy (non-hydrogen) atoms. The minimum Gasteiger partial charge on any atom is -0.435 e. The molecule has 2 rings (SSSR count). The van der Waals surface area contributed by atoms with Gasteiger partial charge in [0.25, 0.3) is 6.29 Å². The lowest BCUT2D eigenvalue weighted by atomic mass is 10.1. The van der Waals surface area contributed by atoms with Gasteiger partial charge in [-0.05, 0) is 19.4 Å². The molecule has 1 aromatic heterocycles. The number of carbonyl (C=O) groups excluding carboxylic acids is 2. The van der Waals surface area contributed by atoms with Crippen LogP contribution in [-0.4, -0.2) is 34.6 Å². The van der Waals surface area contributed by atoms with Crippen molar-refractivity contribution in [2.24, 2.45) is 0 Å². The molecule has 7 heteroatoms. The molecule has 0 fully saturated rings. The van der Waals surface area contributed by atoms with E-state index in [0.29, 0.717) is 6.42 Å². The molecular formula is C18H22N2O5. The smallest absolute Gasteiger partial charge is 0.435 e. The zero-order chi connectivity index (χ0) is 18.2. The normalized spacial score (nSPS) is 12.9. The monoisotopic (exact) mass is 346 g/mol. The first-order valence-electron chi connectivity index (χ1n) is 8.17. The quantitative estimate of drug-likeness (QED) is 0.563. The van der Waals surface area contributed by atoms with Crippen molar-refractivity contribution < 1.29 is 23.8 Å². The van der Waals surface area contributed by atoms with Gasteiger partial charge >= 0.3 is 12.1 Å². The Balaban J connectivity index is 2.10. The average molecular weight is 346 g/mol. The summed E-state index contributed by atoms with van der Waals surface area (Å²) in [5.41, 5.74) is 1.31. The minimum atomic E-state index is -1.01. The zero-order valence-electron chi connectivity index (χ0n) is 14.5. The van der Waals surface area contributed by atoms with Crippen molar-refractivity contribution in [1.29, 1.82) is 0 Å². The Labute approximate surface area is 146 Å². The molecule has 0 saturated heterocycles. The molecule has 0 aliphatic rings. The largest absolute Gasteiger partial charge is 0.511 e. The summed E-state index contributed by atoms with van der Waals surface area (Å²) < 4.78 is 16.6. The average Bonchev–Trinajstić information content (AvgIpc) is 3.11. The summed E-state index contributed by atoms with van der Waals surface area (Å²) in [6.07, 6.45) is 1.43. The standard InChI is InChI=1S/C18H22N2O5/c1-4-16(25-18(22)23-5-2)24-17(21)15-11-19-12-20(15)13(3)14-9-7-6-8-10-14/h6-13,16H,4-5H2,1-3H3/t13-,16?/m1/s1. The fourth-order valence-electron chi connectivity index (χ4n) is 2.29. The van der Waals surface area contributed by atoms with Crippen LogP contribution in [0.3, 0.4) is 0 Å². The van der Waals surface area contributed by atoms with Crippen molar-refractivity contribution >= 4 is 12.1 Å². The lowest BCUT2D eigenvalue weighted by Crippen LogP contribution is -2.26.